The van der Waals surface area contributed by atoms with Crippen LogP contribution >= 0.6 is 11.8 Å². The van der Waals surface area contributed by atoms with Crippen LogP contribution in [0.2, 0.25) is 0 Å². The van der Waals surface area contributed by atoms with Gasteiger partial charge in [-0.25, -0.2) is 4.68 Å². The standard InChI is InChI=1S/C13H21N5OS/c1-9-5-7-17(8-6-9)12(19)10(2)20-13-14-15-16-18(13)11-3-4-11/h9-11H,3-8H2,1-2H3/t10-/m1/s1. The lowest BCUT2D eigenvalue weighted by Crippen LogP contribution is -2.41. The normalized spacial score (nSPS) is 22.0. The van der Waals surface area contributed by atoms with E-state index in [4.69, 9.17) is 0 Å². The third-order valence-electron chi connectivity index (χ3n) is 4.08. The Hall–Kier alpha value is -1.11. The van der Waals surface area contributed by atoms with Crippen molar-refractivity contribution in [3.8, 4) is 0 Å². The number of hydrogen-bond donors (Lipinski definition) is 0. The van der Waals surface area contributed by atoms with Gasteiger partial charge >= 0.3 is 0 Å². The van der Waals surface area contributed by atoms with E-state index < -0.39 is 0 Å². The third-order valence-corrected chi connectivity index (χ3v) is 5.12. The van der Waals surface area contributed by atoms with E-state index in [1.165, 1.54) is 11.8 Å². The van der Waals surface area contributed by atoms with Crippen LogP contribution in [-0.4, -0.2) is 49.4 Å². The fourth-order valence-corrected chi connectivity index (χ4v) is 3.45. The average molecular weight is 295 g/mol. The monoisotopic (exact) mass is 295 g/mol. The molecule has 2 heterocycles. The van der Waals surface area contributed by atoms with E-state index in [0.29, 0.717) is 6.04 Å². The molecule has 6 nitrogen and oxygen atoms in total. The van der Waals surface area contributed by atoms with E-state index in [0.717, 1.165) is 49.8 Å². The van der Waals surface area contributed by atoms with Gasteiger partial charge in [-0.1, -0.05) is 18.7 Å². The van der Waals surface area contributed by atoms with E-state index in [1.54, 1.807) is 0 Å². The third kappa shape index (κ3) is 2.97. The molecule has 1 saturated heterocycles. The molecule has 1 aliphatic heterocycles. The van der Waals surface area contributed by atoms with Crippen molar-refractivity contribution < 1.29 is 4.79 Å². The van der Waals surface area contributed by atoms with Gasteiger partial charge in [0.05, 0.1) is 11.3 Å². The van der Waals surface area contributed by atoms with E-state index in [9.17, 15) is 4.79 Å². The first-order chi connectivity index (χ1) is 9.65. The lowest BCUT2D eigenvalue weighted by molar-refractivity contribution is -0.131. The van der Waals surface area contributed by atoms with Crippen molar-refractivity contribution in [2.75, 3.05) is 13.1 Å². The first-order valence-electron chi connectivity index (χ1n) is 7.38. The minimum absolute atomic E-state index is 0.119. The molecule has 3 rings (SSSR count). The Morgan fingerprint density at radius 1 is 1.30 bits per heavy atom. The fourth-order valence-electron chi connectivity index (χ4n) is 2.51. The number of nitrogens with zero attached hydrogens (tertiary/aromatic N) is 5. The van der Waals surface area contributed by atoms with Crippen LogP contribution in [0.5, 0.6) is 0 Å². The smallest absolute Gasteiger partial charge is 0.235 e. The van der Waals surface area contributed by atoms with Gasteiger partial charge in [0.2, 0.25) is 11.1 Å². The average Bonchev–Trinajstić information content (AvgIpc) is 3.19. The van der Waals surface area contributed by atoms with Crippen molar-refractivity contribution >= 4 is 17.7 Å². The summed E-state index contributed by atoms with van der Waals surface area (Å²) in [7, 11) is 0. The minimum Gasteiger partial charge on any atom is -0.342 e. The Morgan fingerprint density at radius 2 is 2.00 bits per heavy atom. The molecule has 1 aliphatic carbocycles. The Labute approximate surface area is 123 Å². The molecule has 1 atom stereocenters. The number of carbonyl (C=O) groups is 1. The van der Waals surface area contributed by atoms with Gasteiger partial charge in [0.25, 0.3) is 0 Å². The summed E-state index contributed by atoms with van der Waals surface area (Å²) in [5.41, 5.74) is 0. The highest BCUT2D eigenvalue weighted by molar-refractivity contribution is 8.00. The first-order valence-corrected chi connectivity index (χ1v) is 8.26. The number of piperidine rings is 1. The predicted molar refractivity (Wildman–Crippen MR) is 76.4 cm³/mol. The summed E-state index contributed by atoms with van der Waals surface area (Å²) in [5, 5.41) is 12.5. The number of tetrazole rings is 1. The van der Waals surface area contributed by atoms with Crippen LogP contribution in [0.4, 0.5) is 0 Å². The molecule has 20 heavy (non-hydrogen) atoms. The summed E-state index contributed by atoms with van der Waals surface area (Å²) in [6, 6.07) is 0.450. The molecule has 0 aromatic carbocycles. The zero-order valence-corrected chi connectivity index (χ0v) is 12.8. The number of amides is 1. The highest BCUT2D eigenvalue weighted by Gasteiger charge is 2.31. The number of thioether (sulfide) groups is 1. The minimum atomic E-state index is -0.119. The molecular formula is C13H21N5OS. The van der Waals surface area contributed by atoms with Crippen LogP contribution in [0.25, 0.3) is 0 Å². The molecule has 0 unspecified atom stereocenters. The van der Waals surface area contributed by atoms with Crippen molar-refractivity contribution in [1.82, 2.24) is 25.1 Å². The van der Waals surface area contributed by atoms with Gasteiger partial charge in [0.1, 0.15) is 0 Å². The maximum absolute atomic E-state index is 12.5. The van der Waals surface area contributed by atoms with E-state index in [2.05, 4.69) is 22.4 Å². The lowest BCUT2D eigenvalue weighted by atomic mass is 9.99. The molecule has 0 N–H and O–H groups in total. The zero-order chi connectivity index (χ0) is 14.1. The molecule has 2 fully saturated rings. The predicted octanol–water partition coefficient (Wildman–Crippen LogP) is 1.75. The second-order valence-corrected chi connectivity index (χ2v) is 7.21. The number of rotatable bonds is 4. The van der Waals surface area contributed by atoms with Crippen LogP contribution in [0.15, 0.2) is 5.16 Å². The van der Waals surface area contributed by atoms with Crippen molar-refractivity contribution in [3.63, 3.8) is 0 Å². The molecule has 1 aromatic heterocycles. The topological polar surface area (TPSA) is 63.9 Å². The largest absolute Gasteiger partial charge is 0.342 e. The van der Waals surface area contributed by atoms with E-state index in [-0.39, 0.29) is 11.2 Å². The summed E-state index contributed by atoms with van der Waals surface area (Å²) in [6.45, 7) is 5.98. The summed E-state index contributed by atoms with van der Waals surface area (Å²) >= 11 is 1.48. The number of carbonyl (C=O) groups excluding carboxylic acids is 1. The number of aromatic nitrogens is 4. The lowest BCUT2D eigenvalue weighted by Gasteiger charge is -2.31. The molecule has 1 amide bonds. The first kappa shape index (κ1) is 13.9. The molecule has 1 aromatic rings. The summed E-state index contributed by atoms with van der Waals surface area (Å²) in [6.07, 6.45) is 4.52. The van der Waals surface area contributed by atoms with Crippen LogP contribution in [0.3, 0.4) is 0 Å². The molecular weight excluding hydrogens is 274 g/mol. The molecule has 0 radical (unpaired) electrons. The molecule has 110 valence electrons. The highest BCUT2D eigenvalue weighted by atomic mass is 32.2. The van der Waals surface area contributed by atoms with Gasteiger partial charge in [-0.2, -0.15) is 0 Å². The summed E-state index contributed by atoms with van der Waals surface area (Å²) in [5.74, 6) is 0.955. The molecule has 2 aliphatic rings. The quantitative estimate of drug-likeness (QED) is 0.792. The van der Waals surface area contributed by atoms with Crippen molar-refractivity contribution in [3.05, 3.63) is 0 Å². The molecule has 0 spiro atoms. The maximum atomic E-state index is 12.5. The van der Waals surface area contributed by atoms with Crippen LogP contribution < -0.4 is 0 Å². The van der Waals surface area contributed by atoms with E-state index in [1.807, 2.05) is 16.5 Å². The Morgan fingerprint density at radius 3 is 2.65 bits per heavy atom. The Balaban J connectivity index is 1.59. The van der Waals surface area contributed by atoms with Crippen LogP contribution in [0, 0.1) is 5.92 Å². The number of hydrogen-bond acceptors (Lipinski definition) is 5. The van der Waals surface area contributed by atoms with Gasteiger partial charge in [0.15, 0.2) is 0 Å². The van der Waals surface area contributed by atoms with Gasteiger partial charge < -0.3 is 4.90 Å². The Bertz CT molecular complexity index is 479. The van der Waals surface area contributed by atoms with Crippen LogP contribution in [0.1, 0.15) is 45.6 Å². The SMILES string of the molecule is CC1CCN(C(=O)[C@@H](C)Sc2nnnn2C2CC2)CC1. The maximum Gasteiger partial charge on any atom is 0.235 e. The van der Waals surface area contributed by atoms with Crippen molar-refractivity contribution in [2.45, 2.75) is 56.0 Å². The highest BCUT2D eigenvalue weighted by Crippen LogP contribution is 2.37. The second kappa shape index (κ2) is 5.71. The molecule has 1 saturated carbocycles. The fraction of sp³-hybridized carbons (Fsp3) is 0.846. The van der Waals surface area contributed by atoms with Crippen molar-refractivity contribution in [2.24, 2.45) is 5.92 Å². The second-order valence-electron chi connectivity index (χ2n) is 5.91. The van der Waals surface area contributed by atoms with Crippen molar-refractivity contribution in [1.29, 1.82) is 0 Å². The Kier molecular flexibility index (Phi) is 3.96. The van der Waals surface area contributed by atoms with Gasteiger partial charge in [-0.15, -0.1) is 5.10 Å². The van der Waals surface area contributed by atoms with Gasteiger partial charge in [-0.05, 0) is 49.0 Å². The summed E-state index contributed by atoms with van der Waals surface area (Å²) in [4.78, 5) is 14.4. The van der Waals surface area contributed by atoms with Gasteiger partial charge in [0, 0.05) is 13.1 Å². The number of likely N-dealkylation sites (tertiary alicyclic amines) is 1. The zero-order valence-electron chi connectivity index (χ0n) is 12.0. The van der Waals surface area contributed by atoms with Crippen LogP contribution in [-0.2, 0) is 4.79 Å². The molecule has 7 heteroatoms. The summed E-state index contributed by atoms with van der Waals surface area (Å²) < 4.78 is 1.87. The van der Waals surface area contributed by atoms with Gasteiger partial charge in [-0.3, -0.25) is 4.79 Å². The molecule has 0 bridgehead atoms. The van der Waals surface area contributed by atoms with E-state index >= 15 is 0 Å².